The monoisotopic (exact) mass is 329 g/mol. The van der Waals surface area contributed by atoms with Gasteiger partial charge < -0.3 is 10.8 Å². The minimum absolute atomic E-state index is 0.141. The molecule has 0 amide bonds. The van der Waals surface area contributed by atoms with E-state index < -0.39 is 31.3 Å². The Hall–Kier alpha value is -2.12. The predicted octanol–water partition coefficient (Wildman–Crippen LogP) is 2.70. The Morgan fingerprint density at radius 2 is 1.86 bits per heavy atom. The summed E-state index contributed by atoms with van der Waals surface area (Å²) in [5, 5.41) is 9.08. The average Bonchev–Trinajstić information content (AvgIpc) is 2.39. The van der Waals surface area contributed by atoms with E-state index >= 15 is 0 Å². The van der Waals surface area contributed by atoms with Crippen LogP contribution in [-0.2, 0) is 9.05 Å². The smallest absolute Gasteiger partial charge is 0.337 e. The van der Waals surface area contributed by atoms with Crippen molar-refractivity contribution in [2.75, 3.05) is 5.73 Å². The highest BCUT2D eigenvalue weighted by Gasteiger charge is 2.26. The van der Waals surface area contributed by atoms with E-state index in [1.165, 1.54) is 24.3 Å². The molecule has 0 aliphatic heterocycles. The lowest BCUT2D eigenvalue weighted by Gasteiger charge is -2.11. The fourth-order valence-corrected chi connectivity index (χ4v) is 3.29. The Kier molecular flexibility index (Phi) is 3.89. The Labute approximate surface area is 124 Å². The van der Waals surface area contributed by atoms with E-state index in [0.29, 0.717) is 0 Å². The number of anilines is 1. The summed E-state index contributed by atoms with van der Waals surface area (Å²) >= 11 is 0. The highest BCUT2D eigenvalue weighted by molar-refractivity contribution is 8.14. The van der Waals surface area contributed by atoms with E-state index in [9.17, 15) is 17.6 Å². The fourth-order valence-electron chi connectivity index (χ4n) is 1.93. The van der Waals surface area contributed by atoms with E-state index in [4.69, 9.17) is 21.5 Å². The first kappa shape index (κ1) is 15.3. The zero-order valence-electron chi connectivity index (χ0n) is 10.4. The molecule has 0 bridgehead atoms. The van der Waals surface area contributed by atoms with Crippen LogP contribution in [0.4, 0.5) is 10.1 Å². The van der Waals surface area contributed by atoms with Gasteiger partial charge in [0.2, 0.25) is 0 Å². The van der Waals surface area contributed by atoms with Crippen LogP contribution in [0.1, 0.15) is 10.4 Å². The normalized spacial score (nSPS) is 11.3. The number of hydrogen-bond acceptors (Lipinski definition) is 4. The third-order valence-corrected chi connectivity index (χ3v) is 4.16. The van der Waals surface area contributed by atoms with E-state index in [1.54, 1.807) is 0 Å². The second-order valence-electron chi connectivity index (χ2n) is 4.16. The number of halogens is 2. The summed E-state index contributed by atoms with van der Waals surface area (Å²) < 4.78 is 37.3. The molecule has 110 valence electrons. The number of hydrogen-bond donors (Lipinski definition) is 2. The number of carbonyl (C=O) groups is 1. The molecule has 0 unspecified atom stereocenters. The van der Waals surface area contributed by atoms with Crippen molar-refractivity contribution in [3.63, 3.8) is 0 Å². The summed E-state index contributed by atoms with van der Waals surface area (Å²) in [7, 11) is 0.907. The number of nitrogens with two attached hydrogens (primary N) is 1. The minimum atomic E-state index is -4.40. The van der Waals surface area contributed by atoms with Crippen molar-refractivity contribution in [1.29, 1.82) is 0 Å². The maximum Gasteiger partial charge on any atom is 0.337 e. The van der Waals surface area contributed by atoms with Gasteiger partial charge in [-0.05, 0) is 24.3 Å². The van der Waals surface area contributed by atoms with Gasteiger partial charge in [-0.2, -0.15) is 0 Å². The zero-order valence-corrected chi connectivity index (χ0v) is 12.0. The molecule has 0 saturated carbocycles. The number of benzene rings is 2. The summed E-state index contributed by atoms with van der Waals surface area (Å²) in [6.07, 6.45) is 0. The van der Waals surface area contributed by atoms with Crippen molar-refractivity contribution < 1.29 is 22.7 Å². The average molecular weight is 330 g/mol. The molecule has 0 radical (unpaired) electrons. The molecule has 0 aromatic heterocycles. The van der Waals surface area contributed by atoms with Crippen LogP contribution in [0, 0.1) is 5.82 Å². The molecule has 0 aliphatic carbocycles. The van der Waals surface area contributed by atoms with Crippen LogP contribution in [0.3, 0.4) is 0 Å². The van der Waals surface area contributed by atoms with E-state index in [2.05, 4.69) is 0 Å². The third-order valence-electron chi connectivity index (χ3n) is 2.77. The van der Waals surface area contributed by atoms with E-state index in [-0.39, 0.29) is 16.8 Å². The third kappa shape index (κ3) is 2.98. The van der Waals surface area contributed by atoms with Crippen molar-refractivity contribution >= 4 is 31.4 Å². The van der Waals surface area contributed by atoms with E-state index in [1.807, 2.05) is 0 Å². The summed E-state index contributed by atoms with van der Waals surface area (Å²) in [6.45, 7) is 0. The summed E-state index contributed by atoms with van der Waals surface area (Å²) in [5.74, 6) is -2.23. The van der Waals surface area contributed by atoms with Crippen molar-refractivity contribution in [1.82, 2.24) is 0 Å². The highest BCUT2D eigenvalue weighted by Crippen LogP contribution is 2.34. The molecule has 0 fully saturated rings. The molecule has 0 aliphatic rings. The Morgan fingerprint density at radius 3 is 2.43 bits per heavy atom. The molecule has 5 nitrogen and oxygen atoms in total. The molecule has 2 rings (SSSR count). The Morgan fingerprint density at radius 1 is 1.19 bits per heavy atom. The Bertz CT molecular complexity index is 836. The van der Waals surface area contributed by atoms with Crippen LogP contribution in [-0.4, -0.2) is 19.5 Å². The Balaban J connectivity index is 2.90. The van der Waals surface area contributed by atoms with Gasteiger partial charge in [-0.15, -0.1) is 0 Å². The number of aromatic carboxylic acids is 1. The second-order valence-corrected chi connectivity index (χ2v) is 6.67. The van der Waals surface area contributed by atoms with Gasteiger partial charge in [-0.3, -0.25) is 0 Å². The number of carboxylic acids is 1. The molecule has 0 heterocycles. The second kappa shape index (κ2) is 5.34. The van der Waals surface area contributed by atoms with Gasteiger partial charge in [0, 0.05) is 27.5 Å². The van der Waals surface area contributed by atoms with Crippen LogP contribution in [0.25, 0.3) is 11.1 Å². The molecular formula is C13H9ClFNO4S. The molecular weight excluding hydrogens is 321 g/mol. The molecule has 0 atom stereocenters. The maximum atomic E-state index is 13.9. The van der Waals surface area contributed by atoms with Gasteiger partial charge in [0.15, 0.2) is 0 Å². The first-order chi connectivity index (χ1) is 9.71. The van der Waals surface area contributed by atoms with Gasteiger partial charge in [0.05, 0.1) is 5.56 Å². The topological polar surface area (TPSA) is 97.5 Å². The lowest BCUT2D eigenvalue weighted by atomic mass is 10.0. The van der Waals surface area contributed by atoms with Crippen LogP contribution in [0.5, 0.6) is 0 Å². The lowest BCUT2D eigenvalue weighted by molar-refractivity contribution is 0.0693. The molecule has 8 heteroatoms. The number of nitrogen functional groups attached to an aromatic ring is 1. The minimum Gasteiger partial charge on any atom is -0.478 e. The van der Waals surface area contributed by atoms with Gasteiger partial charge in [0.25, 0.3) is 9.05 Å². The lowest BCUT2D eigenvalue weighted by Crippen LogP contribution is -2.07. The predicted molar refractivity (Wildman–Crippen MR) is 76.2 cm³/mol. The first-order valence-electron chi connectivity index (χ1n) is 5.58. The molecule has 2 aromatic rings. The molecule has 3 N–H and O–H groups in total. The zero-order chi connectivity index (χ0) is 15.8. The van der Waals surface area contributed by atoms with Crippen LogP contribution in [0.15, 0.2) is 41.3 Å². The summed E-state index contributed by atoms with van der Waals surface area (Å²) in [5.41, 5.74) is 4.92. The molecule has 21 heavy (non-hydrogen) atoms. The van der Waals surface area contributed by atoms with Crippen LogP contribution in [0.2, 0.25) is 0 Å². The highest BCUT2D eigenvalue weighted by atomic mass is 35.7. The van der Waals surface area contributed by atoms with Crippen molar-refractivity contribution in [2.24, 2.45) is 0 Å². The van der Waals surface area contributed by atoms with Crippen LogP contribution >= 0.6 is 10.7 Å². The van der Waals surface area contributed by atoms with Gasteiger partial charge >= 0.3 is 5.97 Å². The fraction of sp³-hybridized carbons (Fsp3) is 0. The largest absolute Gasteiger partial charge is 0.478 e. The summed E-state index contributed by atoms with van der Waals surface area (Å²) in [4.78, 5) is 10.5. The van der Waals surface area contributed by atoms with Crippen molar-refractivity contribution in [3.05, 3.63) is 47.8 Å². The number of rotatable bonds is 3. The van der Waals surface area contributed by atoms with Gasteiger partial charge in [-0.25, -0.2) is 17.6 Å². The number of carboxylic acid groups (broad SMARTS) is 1. The van der Waals surface area contributed by atoms with Gasteiger partial charge in [-0.1, -0.05) is 12.1 Å². The van der Waals surface area contributed by atoms with E-state index in [0.717, 1.165) is 12.1 Å². The van der Waals surface area contributed by atoms with Crippen molar-refractivity contribution in [2.45, 2.75) is 4.90 Å². The first-order valence-corrected chi connectivity index (χ1v) is 7.89. The van der Waals surface area contributed by atoms with Crippen molar-refractivity contribution in [3.8, 4) is 11.1 Å². The SMILES string of the molecule is Nc1ccc(F)c(-c2cccc(C(=O)O)c2S(=O)(=O)Cl)c1. The molecule has 0 saturated heterocycles. The quantitative estimate of drug-likeness (QED) is 0.666. The summed E-state index contributed by atoms with van der Waals surface area (Å²) in [6, 6.07) is 7.21. The van der Waals surface area contributed by atoms with Crippen LogP contribution < -0.4 is 5.73 Å². The van der Waals surface area contributed by atoms with Gasteiger partial charge in [0.1, 0.15) is 10.7 Å². The maximum absolute atomic E-state index is 13.9. The molecule has 0 spiro atoms. The molecule has 2 aromatic carbocycles. The standard InChI is InChI=1S/C13H9ClFNO4S/c14-21(19,20)12-8(2-1-3-9(12)13(17)18)10-6-7(16)4-5-11(10)15/h1-6H,16H2,(H,17,18).